The van der Waals surface area contributed by atoms with Gasteiger partial charge in [0.05, 0.1) is 24.0 Å². The molecular weight excluding hydrogens is 418 g/mol. The molecule has 0 saturated heterocycles. The Morgan fingerprint density at radius 1 is 1.19 bits per heavy atom. The molecule has 1 N–H and O–H groups in total. The van der Waals surface area contributed by atoms with Gasteiger partial charge in [0.15, 0.2) is 0 Å². The highest BCUT2D eigenvalue weighted by molar-refractivity contribution is 7.89. The summed E-state index contributed by atoms with van der Waals surface area (Å²) < 4.78 is 32.2. The van der Waals surface area contributed by atoms with Gasteiger partial charge in [-0.25, -0.2) is 8.42 Å². The number of ether oxygens (including phenoxy) is 1. The Kier molecular flexibility index (Phi) is 6.11. The fourth-order valence-electron chi connectivity index (χ4n) is 3.62. The van der Waals surface area contributed by atoms with Crippen LogP contribution in [0.15, 0.2) is 47.4 Å². The fourth-order valence-corrected chi connectivity index (χ4v) is 4.77. The molecule has 0 bridgehead atoms. The molecule has 1 aliphatic heterocycles. The molecule has 1 aliphatic rings. The van der Waals surface area contributed by atoms with E-state index < -0.39 is 21.3 Å². The molecule has 0 fully saturated rings. The van der Waals surface area contributed by atoms with Crippen LogP contribution in [0.5, 0.6) is 5.75 Å². The predicted molar refractivity (Wildman–Crippen MR) is 118 cm³/mol. The summed E-state index contributed by atoms with van der Waals surface area (Å²) in [7, 11) is 0.676. The third-order valence-electron chi connectivity index (χ3n) is 5.54. The van der Waals surface area contributed by atoms with Crippen LogP contribution < -0.4 is 15.0 Å². The Morgan fingerprint density at radius 3 is 2.58 bits per heavy atom. The van der Waals surface area contributed by atoms with E-state index in [1.807, 2.05) is 12.1 Å². The Balaban J connectivity index is 1.71. The molecule has 166 valence electrons. The quantitative estimate of drug-likeness (QED) is 0.702. The lowest BCUT2D eigenvalue weighted by atomic mass is 9.86. The molecule has 3 rings (SSSR count). The summed E-state index contributed by atoms with van der Waals surface area (Å²) in [5.74, 6) is 0.155. The topological polar surface area (TPSA) is 96.0 Å². The number of nitrogens with zero attached hydrogens (tertiary/aromatic N) is 2. The molecule has 1 heterocycles. The van der Waals surface area contributed by atoms with E-state index >= 15 is 0 Å². The molecular formula is C22H27N3O5S. The lowest BCUT2D eigenvalue weighted by molar-refractivity contribution is -0.122. The number of likely N-dealkylation sites (N-methyl/N-ethyl adjacent to an activating group) is 2. The first-order chi connectivity index (χ1) is 14.5. The number of sulfonamides is 1. The van der Waals surface area contributed by atoms with Crippen molar-refractivity contribution < 1.29 is 22.7 Å². The first-order valence-corrected chi connectivity index (χ1v) is 11.2. The van der Waals surface area contributed by atoms with Gasteiger partial charge in [0, 0.05) is 26.3 Å². The first-order valence-electron chi connectivity index (χ1n) is 9.77. The number of amides is 2. The van der Waals surface area contributed by atoms with Crippen molar-refractivity contribution in [3.63, 3.8) is 0 Å². The highest BCUT2D eigenvalue weighted by Crippen LogP contribution is 2.41. The molecule has 0 radical (unpaired) electrons. The number of anilines is 1. The second kappa shape index (κ2) is 8.32. The minimum Gasteiger partial charge on any atom is -0.497 e. The summed E-state index contributed by atoms with van der Waals surface area (Å²) in [5, 5.41) is 2.72. The van der Waals surface area contributed by atoms with Crippen molar-refractivity contribution in [2.24, 2.45) is 0 Å². The normalized spacial score (nSPS) is 15.2. The zero-order valence-corrected chi connectivity index (χ0v) is 19.1. The third-order valence-corrected chi connectivity index (χ3v) is 7.34. The van der Waals surface area contributed by atoms with Crippen molar-refractivity contribution >= 4 is 27.5 Å². The smallest absolute Gasteiger partial charge is 0.243 e. The van der Waals surface area contributed by atoms with Crippen molar-refractivity contribution in [2.45, 2.75) is 30.7 Å². The van der Waals surface area contributed by atoms with Crippen molar-refractivity contribution in [1.29, 1.82) is 0 Å². The fraction of sp³-hybridized carbons (Fsp3) is 0.364. The monoisotopic (exact) mass is 445 g/mol. The maximum atomic E-state index is 13.0. The summed E-state index contributed by atoms with van der Waals surface area (Å²) in [6.45, 7) is 3.46. The molecule has 0 saturated carbocycles. The largest absolute Gasteiger partial charge is 0.497 e. The number of fused-ring (bicyclic) bond motifs is 1. The van der Waals surface area contributed by atoms with E-state index in [0.29, 0.717) is 17.0 Å². The highest BCUT2D eigenvalue weighted by atomic mass is 32.2. The van der Waals surface area contributed by atoms with Gasteiger partial charge in [-0.2, -0.15) is 4.31 Å². The molecule has 2 aromatic rings. The van der Waals surface area contributed by atoms with E-state index in [2.05, 4.69) is 5.32 Å². The van der Waals surface area contributed by atoms with Gasteiger partial charge in [0.25, 0.3) is 0 Å². The van der Waals surface area contributed by atoms with Crippen molar-refractivity contribution in [3.8, 4) is 5.75 Å². The van der Waals surface area contributed by atoms with Crippen LogP contribution in [0, 0.1) is 0 Å². The minimum atomic E-state index is -3.91. The van der Waals surface area contributed by atoms with Gasteiger partial charge >= 0.3 is 0 Å². The number of carbonyl (C=O) groups excluding carboxylic acids is 2. The summed E-state index contributed by atoms with van der Waals surface area (Å²) in [6, 6.07) is 11.9. The molecule has 8 nitrogen and oxygen atoms in total. The van der Waals surface area contributed by atoms with Gasteiger partial charge in [-0.1, -0.05) is 12.1 Å². The van der Waals surface area contributed by atoms with Crippen molar-refractivity contribution in [3.05, 3.63) is 53.6 Å². The number of methoxy groups -OCH3 is 1. The average molecular weight is 446 g/mol. The van der Waals surface area contributed by atoms with Crippen LogP contribution in [0.25, 0.3) is 0 Å². The summed E-state index contributed by atoms with van der Waals surface area (Å²) in [4.78, 5) is 26.4. The zero-order chi connectivity index (χ0) is 23.0. The Labute approximate surface area is 182 Å². The van der Waals surface area contributed by atoms with Crippen LogP contribution in [0.3, 0.4) is 0 Å². The Morgan fingerprint density at radius 2 is 1.90 bits per heavy atom. The van der Waals surface area contributed by atoms with Crippen LogP contribution in [-0.4, -0.2) is 52.3 Å². The molecule has 31 heavy (non-hydrogen) atoms. The molecule has 0 atom stereocenters. The molecule has 0 aliphatic carbocycles. The Hall–Kier alpha value is -2.91. The number of rotatable bonds is 7. The van der Waals surface area contributed by atoms with Crippen molar-refractivity contribution in [1.82, 2.24) is 9.62 Å². The zero-order valence-electron chi connectivity index (χ0n) is 18.3. The lowest BCUT2D eigenvalue weighted by Gasteiger charge is -2.19. The molecule has 9 heteroatoms. The van der Waals surface area contributed by atoms with Crippen LogP contribution in [0.1, 0.15) is 25.0 Å². The van der Waals surface area contributed by atoms with Gasteiger partial charge in [-0.3, -0.25) is 9.59 Å². The first kappa shape index (κ1) is 22.8. The van der Waals surface area contributed by atoms with Crippen LogP contribution in [0.4, 0.5) is 5.69 Å². The summed E-state index contributed by atoms with van der Waals surface area (Å²) in [6.07, 6.45) is 0. The van der Waals surface area contributed by atoms with Crippen molar-refractivity contribution in [2.75, 3.05) is 32.6 Å². The number of carbonyl (C=O) groups is 2. The second-order valence-electron chi connectivity index (χ2n) is 8.06. The average Bonchev–Trinajstić information content (AvgIpc) is 2.92. The van der Waals surface area contributed by atoms with E-state index in [0.717, 1.165) is 9.87 Å². The van der Waals surface area contributed by atoms with Gasteiger partial charge in [0.2, 0.25) is 21.8 Å². The number of hydrogen-bond donors (Lipinski definition) is 1. The van der Waals surface area contributed by atoms with E-state index in [1.54, 1.807) is 46.2 Å². The lowest BCUT2D eigenvalue weighted by Crippen LogP contribution is -2.38. The van der Waals surface area contributed by atoms with Crippen LogP contribution in [-0.2, 0) is 31.6 Å². The van der Waals surface area contributed by atoms with Gasteiger partial charge in [-0.05, 0) is 55.3 Å². The molecule has 0 unspecified atom stereocenters. The maximum Gasteiger partial charge on any atom is 0.243 e. The summed E-state index contributed by atoms with van der Waals surface area (Å²) in [5.41, 5.74) is 1.36. The van der Waals surface area contributed by atoms with E-state index in [4.69, 9.17) is 4.74 Å². The maximum absolute atomic E-state index is 13.0. The number of nitrogens with one attached hydrogen (secondary N) is 1. The standard InChI is InChI=1S/C22H27N3O5S/c1-22(2)18-12-17(9-10-19(18)25(4)21(22)27)31(28,29)24(3)14-20(26)23-13-15-7-6-8-16(11-15)30-5/h6-12H,13-14H2,1-5H3,(H,23,26). The van der Waals surface area contributed by atoms with Gasteiger partial charge in [0.1, 0.15) is 5.75 Å². The van der Waals surface area contributed by atoms with E-state index in [1.165, 1.54) is 24.1 Å². The SMILES string of the molecule is COc1cccc(CNC(=O)CN(C)S(=O)(=O)c2ccc3c(c2)C(C)(C)C(=O)N3C)c1. The minimum absolute atomic E-state index is 0.0468. The molecule has 0 aromatic heterocycles. The van der Waals surface area contributed by atoms with Gasteiger partial charge in [-0.15, -0.1) is 0 Å². The third kappa shape index (κ3) is 4.28. The van der Waals surface area contributed by atoms with E-state index in [9.17, 15) is 18.0 Å². The number of benzene rings is 2. The van der Waals surface area contributed by atoms with Gasteiger partial charge < -0.3 is 15.0 Å². The highest BCUT2D eigenvalue weighted by Gasteiger charge is 2.43. The second-order valence-corrected chi connectivity index (χ2v) is 10.1. The van der Waals surface area contributed by atoms with Crippen LogP contribution in [0.2, 0.25) is 0 Å². The van der Waals surface area contributed by atoms with Crippen LogP contribution >= 0.6 is 0 Å². The Bertz CT molecular complexity index is 1130. The molecule has 2 aromatic carbocycles. The predicted octanol–water partition coefficient (Wildman–Crippen LogP) is 1.89. The summed E-state index contributed by atoms with van der Waals surface area (Å²) >= 11 is 0. The number of hydrogen-bond acceptors (Lipinski definition) is 5. The molecule has 2 amide bonds. The molecule has 0 spiro atoms. The van der Waals surface area contributed by atoms with E-state index in [-0.39, 0.29) is 23.9 Å².